The lowest BCUT2D eigenvalue weighted by molar-refractivity contribution is 0.0694. The van der Waals surface area contributed by atoms with Gasteiger partial charge in [-0.3, -0.25) is 14.1 Å². The molecule has 2 fully saturated rings. The predicted octanol–water partition coefficient (Wildman–Crippen LogP) is 2.77. The molecule has 0 aromatic carbocycles. The number of likely N-dealkylation sites (N-methyl/N-ethyl adjacent to an activating group) is 1. The third-order valence-corrected chi connectivity index (χ3v) is 6.62. The maximum Gasteiger partial charge on any atom is 0.341 e. The summed E-state index contributed by atoms with van der Waals surface area (Å²) in [5.74, 6) is -1.52. The maximum absolute atomic E-state index is 15.3. The van der Waals surface area contributed by atoms with Gasteiger partial charge in [-0.25, -0.2) is 9.18 Å². The summed E-state index contributed by atoms with van der Waals surface area (Å²) in [4.78, 5) is 28.7. The van der Waals surface area contributed by atoms with Crippen molar-refractivity contribution < 1.29 is 14.3 Å². The molecule has 2 aromatic rings. The summed E-state index contributed by atoms with van der Waals surface area (Å²) in [6, 6.07) is 1.80. The second kappa shape index (κ2) is 6.42. The van der Waals surface area contributed by atoms with Gasteiger partial charge in [0, 0.05) is 25.7 Å². The van der Waals surface area contributed by atoms with E-state index in [1.807, 2.05) is 6.92 Å². The lowest BCUT2D eigenvalue weighted by atomic mass is 10.0. The first-order valence-corrected chi connectivity index (χ1v) is 10.1. The Balaban J connectivity index is 1.71. The zero-order valence-electron chi connectivity index (χ0n) is 16.6. The van der Waals surface area contributed by atoms with Crippen LogP contribution in [-0.2, 0) is 0 Å². The first-order valence-electron chi connectivity index (χ1n) is 10.1. The molecule has 1 atom stereocenters. The van der Waals surface area contributed by atoms with Crippen LogP contribution in [0.3, 0.4) is 0 Å². The normalized spacial score (nSPS) is 22.1. The third-order valence-electron chi connectivity index (χ3n) is 6.62. The van der Waals surface area contributed by atoms with Crippen molar-refractivity contribution in [2.24, 2.45) is 0 Å². The van der Waals surface area contributed by atoms with Crippen molar-refractivity contribution in [3.05, 3.63) is 56.8 Å². The van der Waals surface area contributed by atoms with Crippen molar-refractivity contribution in [3.8, 4) is 0 Å². The van der Waals surface area contributed by atoms with Gasteiger partial charge in [0.05, 0.1) is 17.4 Å². The molecule has 1 saturated carbocycles. The summed E-state index contributed by atoms with van der Waals surface area (Å²) < 4.78 is 16.5. The number of aromatic carboxylic acids is 1. The van der Waals surface area contributed by atoms with Crippen LogP contribution in [0.5, 0.6) is 0 Å². The fourth-order valence-electron chi connectivity index (χ4n) is 5.01. The fourth-order valence-corrected chi connectivity index (χ4v) is 5.01. The Bertz CT molecular complexity index is 1130. The zero-order valence-corrected chi connectivity index (χ0v) is 16.6. The lowest BCUT2D eigenvalue weighted by Crippen LogP contribution is -2.38. The highest BCUT2D eigenvalue weighted by atomic mass is 19.1. The summed E-state index contributed by atoms with van der Waals surface area (Å²) in [5.41, 5.74) is 3.09. The number of aryl methyl sites for hydroxylation is 1. The van der Waals surface area contributed by atoms with E-state index in [-0.39, 0.29) is 11.5 Å². The summed E-state index contributed by atoms with van der Waals surface area (Å²) in [6.45, 7) is 4.24. The second-order valence-electron chi connectivity index (χ2n) is 8.51. The molecule has 152 valence electrons. The number of carboxylic acids is 1. The Hall–Kier alpha value is -2.67. The third kappa shape index (κ3) is 2.79. The van der Waals surface area contributed by atoms with E-state index in [1.165, 1.54) is 22.2 Å². The van der Waals surface area contributed by atoms with Crippen LogP contribution < -0.4 is 10.5 Å². The first kappa shape index (κ1) is 18.4. The van der Waals surface area contributed by atoms with Crippen LogP contribution in [0.25, 0.3) is 5.52 Å². The van der Waals surface area contributed by atoms with Gasteiger partial charge in [0.1, 0.15) is 5.56 Å². The van der Waals surface area contributed by atoms with E-state index in [1.54, 1.807) is 0 Å². The molecule has 29 heavy (non-hydrogen) atoms. The molecule has 5 rings (SSSR count). The monoisotopic (exact) mass is 397 g/mol. The largest absolute Gasteiger partial charge is 0.477 e. The molecule has 6 nitrogen and oxygen atoms in total. The van der Waals surface area contributed by atoms with Crippen molar-refractivity contribution in [2.75, 3.05) is 31.6 Å². The van der Waals surface area contributed by atoms with Crippen LogP contribution >= 0.6 is 0 Å². The second-order valence-corrected chi connectivity index (χ2v) is 8.51. The molecule has 0 spiro atoms. The topological polar surface area (TPSA) is 65.3 Å². The van der Waals surface area contributed by atoms with E-state index in [9.17, 15) is 14.7 Å². The SMILES string of the molecule is Cc1c(N2CC3=CCCN(C)C3C2)c(F)cn2c(=O)c(C(=O)O)cc(C3CC3)c12. The molecule has 1 aliphatic carbocycles. The predicted molar refractivity (Wildman–Crippen MR) is 109 cm³/mol. The van der Waals surface area contributed by atoms with Gasteiger partial charge in [0.15, 0.2) is 5.82 Å². The molecule has 1 N–H and O–H groups in total. The summed E-state index contributed by atoms with van der Waals surface area (Å²) >= 11 is 0. The minimum absolute atomic E-state index is 0.232. The summed E-state index contributed by atoms with van der Waals surface area (Å²) in [6.07, 6.45) is 6.37. The van der Waals surface area contributed by atoms with Gasteiger partial charge in [-0.15, -0.1) is 0 Å². The molecule has 1 saturated heterocycles. The minimum atomic E-state index is -1.27. The van der Waals surface area contributed by atoms with Crippen molar-refractivity contribution in [3.63, 3.8) is 0 Å². The van der Waals surface area contributed by atoms with Crippen molar-refractivity contribution in [1.29, 1.82) is 0 Å². The minimum Gasteiger partial charge on any atom is -0.477 e. The number of aromatic nitrogens is 1. The van der Waals surface area contributed by atoms with Gasteiger partial charge >= 0.3 is 5.97 Å². The first-order chi connectivity index (χ1) is 13.9. The van der Waals surface area contributed by atoms with Gasteiger partial charge in [-0.05, 0) is 61.9 Å². The Morgan fingerprint density at radius 1 is 1.31 bits per heavy atom. The average Bonchev–Trinajstić information content (AvgIpc) is 3.42. The summed E-state index contributed by atoms with van der Waals surface area (Å²) in [5, 5.41) is 9.43. The lowest BCUT2D eigenvalue weighted by Gasteiger charge is -2.28. The smallest absolute Gasteiger partial charge is 0.341 e. The number of fused-ring (bicyclic) bond motifs is 2. The summed E-state index contributed by atoms with van der Waals surface area (Å²) in [7, 11) is 2.10. The number of rotatable bonds is 3. The highest BCUT2D eigenvalue weighted by Gasteiger charge is 2.35. The number of carboxylic acid groups (broad SMARTS) is 1. The molecular formula is C22H24FN3O3. The molecule has 1 unspecified atom stereocenters. The molecule has 0 radical (unpaired) electrons. The molecule has 3 aliphatic rings. The number of pyridine rings is 2. The quantitative estimate of drug-likeness (QED) is 0.807. The van der Waals surface area contributed by atoms with Crippen molar-refractivity contribution >= 4 is 17.2 Å². The van der Waals surface area contributed by atoms with E-state index in [0.717, 1.165) is 31.4 Å². The van der Waals surface area contributed by atoms with Crippen LogP contribution in [0.2, 0.25) is 0 Å². The van der Waals surface area contributed by atoms with Crippen LogP contribution in [-0.4, -0.2) is 53.1 Å². The van der Waals surface area contributed by atoms with Gasteiger partial charge in [-0.1, -0.05) is 6.08 Å². The van der Waals surface area contributed by atoms with E-state index in [2.05, 4.69) is 22.9 Å². The average molecular weight is 397 g/mol. The number of anilines is 1. The molecule has 2 aromatic heterocycles. The van der Waals surface area contributed by atoms with E-state index < -0.39 is 17.3 Å². The van der Waals surface area contributed by atoms with Crippen molar-refractivity contribution in [1.82, 2.24) is 9.30 Å². The van der Waals surface area contributed by atoms with Gasteiger partial charge in [0.25, 0.3) is 5.56 Å². The van der Waals surface area contributed by atoms with E-state index >= 15 is 4.39 Å². The number of hydrogen-bond donors (Lipinski definition) is 1. The van der Waals surface area contributed by atoms with Crippen LogP contribution in [0.15, 0.2) is 28.7 Å². The number of nitrogens with zero attached hydrogens (tertiary/aromatic N) is 3. The Kier molecular flexibility index (Phi) is 4.07. The van der Waals surface area contributed by atoms with E-state index in [0.29, 0.717) is 35.9 Å². The van der Waals surface area contributed by atoms with Crippen molar-refractivity contribution in [2.45, 2.75) is 38.1 Å². The Morgan fingerprint density at radius 2 is 2.07 bits per heavy atom. The number of hydrogen-bond acceptors (Lipinski definition) is 4. The molecule has 2 aliphatic heterocycles. The molecular weight excluding hydrogens is 373 g/mol. The van der Waals surface area contributed by atoms with Gasteiger partial charge < -0.3 is 10.0 Å². The van der Waals surface area contributed by atoms with Gasteiger partial charge in [-0.2, -0.15) is 0 Å². The fraction of sp³-hybridized carbons (Fsp3) is 0.455. The van der Waals surface area contributed by atoms with Crippen LogP contribution in [0.1, 0.15) is 46.7 Å². The van der Waals surface area contributed by atoms with Crippen LogP contribution in [0.4, 0.5) is 10.1 Å². The molecule has 0 bridgehead atoms. The molecule has 7 heteroatoms. The molecule has 0 amide bonds. The Morgan fingerprint density at radius 3 is 2.72 bits per heavy atom. The Labute approximate surface area is 167 Å². The zero-order chi connectivity index (χ0) is 20.4. The highest BCUT2D eigenvalue weighted by Crippen LogP contribution is 2.44. The van der Waals surface area contributed by atoms with E-state index in [4.69, 9.17) is 0 Å². The number of halogens is 1. The maximum atomic E-state index is 15.3. The van der Waals surface area contributed by atoms with Crippen LogP contribution in [0, 0.1) is 12.7 Å². The van der Waals surface area contributed by atoms with Gasteiger partial charge in [0.2, 0.25) is 0 Å². The molecule has 4 heterocycles. The highest BCUT2D eigenvalue weighted by molar-refractivity contribution is 5.89. The number of carbonyl (C=O) groups is 1. The standard InChI is InChI=1S/C22H24FN3O3/c1-12-19-15(13-5-6-13)8-16(22(28)29)21(27)26(19)10-17(23)20(12)25-9-14-4-3-7-24(2)18(14)11-25/h4,8,10,13,18H,3,5-7,9,11H2,1-2H3,(H,28,29).